The quantitative estimate of drug-likeness (QED) is 0.624. The van der Waals surface area contributed by atoms with Gasteiger partial charge in [0.1, 0.15) is 0 Å². The highest BCUT2D eigenvalue weighted by atomic mass is 16.6. The van der Waals surface area contributed by atoms with Crippen molar-refractivity contribution in [1.82, 2.24) is 0 Å². The molecule has 0 saturated heterocycles. The molecule has 6 heteroatoms. The van der Waals surface area contributed by atoms with Crippen molar-refractivity contribution < 1.29 is 9.85 Å². The summed E-state index contributed by atoms with van der Waals surface area (Å²) in [5.41, 5.74) is 1.77. The van der Waals surface area contributed by atoms with Gasteiger partial charge in [0.25, 0.3) is 0 Å². The van der Waals surface area contributed by atoms with Crippen LogP contribution >= 0.6 is 0 Å². The molecule has 2 aromatic rings. The van der Waals surface area contributed by atoms with E-state index < -0.39 is 6.04 Å². The lowest BCUT2D eigenvalue weighted by Gasteiger charge is -2.01. The fourth-order valence-corrected chi connectivity index (χ4v) is 1.72. The Balaban J connectivity index is 0.000000220. The maximum atomic E-state index is 10.3. The van der Waals surface area contributed by atoms with Gasteiger partial charge in [-0.1, -0.05) is 60.7 Å². The van der Waals surface area contributed by atoms with Crippen LogP contribution in [0.4, 0.5) is 0 Å². The predicted molar refractivity (Wildman–Crippen MR) is 83.9 cm³/mol. The minimum atomic E-state index is -0.601. The first-order chi connectivity index (χ1) is 10.5. The summed E-state index contributed by atoms with van der Waals surface area (Å²) >= 11 is 0. The third-order valence-electron chi connectivity index (χ3n) is 3.02. The zero-order valence-corrected chi connectivity index (χ0v) is 12.3. The second-order valence-corrected chi connectivity index (χ2v) is 4.66. The second-order valence-electron chi connectivity index (χ2n) is 4.66. The monoisotopic (exact) mass is 302 g/mol. The van der Waals surface area contributed by atoms with Gasteiger partial charge in [-0.15, -0.1) is 0 Å². The molecule has 116 valence electrons. The van der Waals surface area contributed by atoms with Gasteiger partial charge in [0.05, 0.1) is 0 Å². The maximum absolute atomic E-state index is 10.3. The van der Waals surface area contributed by atoms with Crippen molar-refractivity contribution in [3.63, 3.8) is 0 Å². The van der Waals surface area contributed by atoms with Gasteiger partial charge < -0.3 is 0 Å². The highest BCUT2D eigenvalue weighted by Gasteiger charge is 2.13. The van der Waals surface area contributed by atoms with Gasteiger partial charge in [-0.3, -0.25) is 20.2 Å². The first kappa shape index (κ1) is 17.3. The van der Waals surface area contributed by atoms with E-state index in [1.54, 1.807) is 31.2 Å². The average molecular weight is 302 g/mol. The van der Waals surface area contributed by atoms with Gasteiger partial charge in [0, 0.05) is 28.8 Å². The summed E-state index contributed by atoms with van der Waals surface area (Å²) < 4.78 is 0. The fraction of sp³-hybridized carbons (Fsp3) is 0.250. The lowest BCUT2D eigenvalue weighted by atomic mass is 10.1. The Hall–Kier alpha value is -2.76. The van der Waals surface area contributed by atoms with E-state index in [0.29, 0.717) is 6.42 Å². The van der Waals surface area contributed by atoms with Crippen LogP contribution in [0.5, 0.6) is 0 Å². The van der Waals surface area contributed by atoms with E-state index in [2.05, 4.69) is 0 Å². The van der Waals surface area contributed by atoms with E-state index in [-0.39, 0.29) is 16.4 Å². The van der Waals surface area contributed by atoms with Crippen molar-refractivity contribution in [2.45, 2.75) is 19.4 Å². The summed E-state index contributed by atoms with van der Waals surface area (Å²) in [4.78, 5) is 19.7. The van der Waals surface area contributed by atoms with Crippen molar-refractivity contribution in [3.8, 4) is 0 Å². The molecule has 0 aliphatic heterocycles. The van der Waals surface area contributed by atoms with Crippen LogP contribution < -0.4 is 0 Å². The summed E-state index contributed by atoms with van der Waals surface area (Å²) in [7, 11) is 0. The third kappa shape index (κ3) is 6.60. The Morgan fingerprint density at radius 3 is 1.86 bits per heavy atom. The summed E-state index contributed by atoms with van der Waals surface area (Å²) in [5, 5.41) is 20.3. The number of rotatable bonds is 5. The molecule has 2 rings (SSSR count). The molecule has 0 aliphatic rings. The minimum Gasteiger partial charge on any atom is -0.265 e. The van der Waals surface area contributed by atoms with Gasteiger partial charge in [0.15, 0.2) is 0 Å². The fourth-order valence-electron chi connectivity index (χ4n) is 1.72. The van der Waals surface area contributed by atoms with E-state index in [1.165, 1.54) is 0 Å². The van der Waals surface area contributed by atoms with Crippen LogP contribution in [0.25, 0.3) is 0 Å². The smallest absolute Gasteiger partial charge is 0.235 e. The van der Waals surface area contributed by atoms with Crippen LogP contribution in [-0.2, 0) is 6.42 Å². The second kappa shape index (κ2) is 9.23. The van der Waals surface area contributed by atoms with Crippen molar-refractivity contribution >= 4 is 0 Å². The van der Waals surface area contributed by atoms with Crippen LogP contribution in [0.1, 0.15) is 24.1 Å². The summed E-state index contributed by atoms with van der Waals surface area (Å²) in [5.74, 6) is 0. The minimum absolute atomic E-state index is 0.0179. The zero-order chi connectivity index (χ0) is 16.4. The Labute approximate surface area is 128 Å². The van der Waals surface area contributed by atoms with Crippen LogP contribution in [0.2, 0.25) is 0 Å². The van der Waals surface area contributed by atoms with Gasteiger partial charge in [-0.25, -0.2) is 0 Å². The molecule has 0 fully saturated rings. The van der Waals surface area contributed by atoms with Crippen molar-refractivity contribution in [2.75, 3.05) is 6.54 Å². The first-order valence-electron chi connectivity index (χ1n) is 6.85. The van der Waals surface area contributed by atoms with Crippen LogP contribution in [0.3, 0.4) is 0 Å². The number of nitrogens with zero attached hydrogens (tertiary/aromatic N) is 2. The van der Waals surface area contributed by atoms with E-state index >= 15 is 0 Å². The van der Waals surface area contributed by atoms with Crippen molar-refractivity contribution in [3.05, 3.63) is 92.0 Å². The molecule has 22 heavy (non-hydrogen) atoms. The topological polar surface area (TPSA) is 86.3 Å². The van der Waals surface area contributed by atoms with E-state index in [1.807, 2.05) is 36.4 Å². The molecular formula is C16H18N2O4. The predicted octanol–water partition coefficient (Wildman–Crippen LogP) is 3.53. The Bertz CT molecular complexity index is 588. The molecule has 0 amide bonds. The molecule has 0 radical (unpaired) electrons. The Kier molecular flexibility index (Phi) is 7.25. The summed E-state index contributed by atoms with van der Waals surface area (Å²) in [6, 6.07) is 17.8. The summed E-state index contributed by atoms with van der Waals surface area (Å²) in [6.07, 6.45) is 0.522. The normalized spacial score (nSPS) is 11.0. The standard InChI is InChI=1S/2C8H9NO2/c1-7(9(10)11)8-5-3-2-4-6-8;10-9(11)7-6-8-4-2-1-3-5-8/h2-7H,1H3;1-5H,6-7H2. The molecule has 0 spiro atoms. The summed E-state index contributed by atoms with van der Waals surface area (Å²) in [6.45, 7) is 1.60. The van der Waals surface area contributed by atoms with E-state index in [0.717, 1.165) is 11.1 Å². The van der Waals surface area contributed by atoms with Gasteiger partial charge in [-0.05, 0) is 5.56 Å². The van der Waals surface area contributed by atoms with Crippen LogP contribution in [0, 0.1) is 20.2 Å². The zero-order valence-electron chi connectivity index (χ0n) is 12.3. The molecule has 0 aliphatic carbocycles. The molecule has 1 atom stereocenters. The Morgan fingerprint density at radius 1 is 0.909 bits per heavy atom. The lowest BCUT2D eigenvalue weighted by molar-refractivity contribution is -0.524. The molecule has 0 saturated carbocycles. The molecule has 0 heterocycles. The lowest BCUT2D eigenvalue weighted by Crippen LogP contribution is -2.05. The van der Waals surface area contributed by atoms with Gasteiger partial charge >= 0.3 is 0 Å². The van der Waals surface area contributed by atoms with Crippen molar-refractivity contribution in [2.24, 2.45) is 0 Å². The first-order valence-corrected chi connectivity index (χ1v) is 6.85. The SMILES string of the molecule is CC(c1ccccc1)[N+](=O)[O-].O=[N+]([O-])CCc1ccccc1. The molecule has 0 bridgehead atoms. The van der Waals surface area contributed by atoms with Gasteiger partial charge in [0.2, 0.25) is 12.6 Å². The van der Waals surface area contributed by atoms with E-state index in [9.17, 15) is 20.2 Å². The molecule has 1 unspecified atom stereocenters. The number of hydrogen-bond donors (Lipinski definition) is 0. The van der Waals surface area contributed by atoms with Crippen LogP contribution in [-0.4, -0.2) is 16.4 Å². The molecular weight excluding hydrogens is 284 g/mol. The highest BCUT2D eigenvalue weighted by Crippen LogP contribution is 2.13. The van der Waals surface area contributed by atoms with Crippen LogP contribution in [0.15, 0.2) is 60.7 Å². The van der Waals surface area contributed by atoms with Crippen molar-refractivity contribution in [1.29, 1.82) is 0 Å². The average Bonchev–Trinajstić information content (AvgIpc) is 2.54. The molecule has 0 aromatic heterocycles. The maximum Gasteiger partial charge on any atom is 0.235 e. The largest absolute Gasteiger partial charge is 0.265 e. The molecule has 0 N–H and O–H groups in total. The highest BCUT2D eigenvalue weighted by molar-refractivity contribution is 5.16. The van der Waals surface area contributed by atoms with E-state index in [4.69, 9.17) is 0 Å². The number of benzene rings is 2. The molecule has 6 nitrogen and oxygen atoms in total. The molecule has 2 aromatic carbocycles. The third-order valence-corrected chi connectivity index (χ3v) is 3.02. The number of hydrogen-bond acceptors (Lipinski definition) is 4. The van der Waals surface area contributed by atoms with Gasteiger partial charge in [-0.2, -0.15) is 0 Å². The number of nitro groups is 2. The Morgan fingerprint density at radius 2 is 1.41 bits per heavy atom.